The zero-order valence-corrected chi connectivity index (χ0v) is 8.71. The van der Waals surface area contributed by atoms with Crippen LogP contribution in [0, 0.1) is 0 Å². The van der Waals surface area contributed by atoms with E-state index < -0.39 is 6.09 Å². The number of ether oxygens (including phenoxy) is 1. The summed E-state index contributed by atoms with van der Waals surface area (Å²) in [5.41, 5.74) is 0. The van der Waals surface area contributed by atoms with Crippen molar-refractivity contribution in [1.29, 1.82) is 0 Å². The summed E-state index contributed by atoms with van der Waals surface area (Å²) >= 11 is 1.58. The normalized spacial score (nSPS) is 12.1. The highest BCUT2D eigenvalue weighted by Gasteiger charge is 2.10. The van der Waals surface area contributed by atoms with E-state index >= 15 is 0 Å². The molecule has 0 unspecified atom stereocenters. The minimum Gasteiger partial charge on any atom is -0.447 e. The molecule has 2 N–H and O–H groups in total. The SMILES string of the molecule is C[C@H](NC(=O)OCCO)c1cccs1. The maximum absolute atomic E-state index is 11.1. The van der Waals surface area contributed by atoms with Gasteiger partial charge in [-0.3, -0.25) is 0 Å². The van der Waals surface area contributed by atoms with Crippen molar-refractivity contribution in [2.45, 2.75) is 13.0 Å². The topological polar surface area (TPSA) is 58.6 Å². The number of amides is 1. The third kappa shape index (κ3) is 3.35. The van der Waals surface area contributed by atoms with Crippen LogP contribution in [0.5, 0.6) is 0 Å². The Morgan fingerprint density at radius 3 is 3.14 bits per heavy atom. The van der Waals surface area contributed by atoms with Crippen LogP contribution in [0.15, 0.2) is 17.5 Å². The lowest BCUT2D eigenvalue weighted by molar-refractivity contribution is 0.117. The summed E-state index contributed by atoms with van der Waals surface area (Å²) in [6, 6.07) is 3.82. The monoisotopic (exact) mass is 215 g/mol. The third-order valence-electron chi connectivity index (χ3n) is 1.63. The molecule has 0 aliphatic rings. The van der Waals surface area contributed by atoms with Gasteiger partial charge < -0.3 is 15.2 Å². The Balaban J connectivity index is 2.33. The van der Waals surface area contributed by atoms with E-state index in [4.69, 9.17) is 5.11 Å². The van der Waals surface area contributed by atoms with Gasteiger partial charge in [0.15, 0.2) is 0 Å². The molecule has 0 spiro atoms. The average Bonchev–Trinajstić information content (AvgIpc) is 2.67. The molecule has 0 fully saturated rings. The van der Waals surface area contributed by atoms with E-state index in [0.29, 0.717) is 0 Å². The minimum absolute atomic E-state index is 0.0307. The Bertz CT molecular complexity index is 274. The lowest BCUT2D eigenvalue weighted by Gasteiger charge is -2.11. The molecule has 1 aromatic rings. The maximum atomic E-state index is 11.1. The van der Waals surface area contributed by atoms with Crippen molar-refractivity contribution in [2.24, 2.45) is 0 Å². The zero-order valence-electron chi connectivity index (χ0n) is 7.90. The van der Waals surface area contributed by atoms with E-state index in [-0.39, 0.29) is 19.3 Å². The van der Waals surface area contributed by atoms with Gasteiger partial charge in [0.2, 0.25) is 0 Å². The van der Waals surface area contributed by atoms with Crippen molar-refractivity contribution < 1.29 is 14.6 Å². The number of carbonyl (C=O) groups excluding carboxylic acids is 1. The molecule has 1 amide bonds. The summed E-state index contributed by atoms with van der Waals surface area (Å²) in [5.74, 6) is 0. The standard InChI is InChI=1S/C9H13NO3S/c1-7(8-3-2-6-14-8)10-9(12)13-5-4-11/h2-3,6-7,11H,4-5H2,1H3,(H,10,12)/t7-/m0/s1. The molecule has 0 aromatic carbocycles. The zero-order chi connectivity index (χ0) is 10.4. The lowest BCUT2D eigenvalue weighted by Crippen LogP contribution is -2.27. The van der Waals surface area contributed by atoms with Crippen molar-refractivity contribution >= 4 is 17.4 Å². The van der Waals surface area contributed by atoms with E-state index in [1.54, 1.807) is 11.3 Å². The Hall–Kier alpha value is -1.07. The number of hydrogen-bond acceptors (Lipinski definition) is 4. The van der Waals surface area contributed by atoms with Gasteiger partial charge in [-0.25, -0.2) is 4.79 Å². The molecule has 0 radical (unpaired) electrons. The largest absolute Gasteiger partial charge is 0.447 e. The molecular weight excluding hydrogens is 202 g/mol. The van der Waals surface area contributed by atoms with E-state index in [9.17, 15) is 4.79 Å². The van der Waals surface area contributed by atoms with Crippen molar-refractivity contribution in [2.75, 3.05) is 13.2 Å². The van der Waals surface area contributed by atoms with Crippen molar-refractivity contribution in [3.8, 4) is 0 Å². The average molecular weight is 215 g/mol. The molecule has 0 aliphatic heterocycles. The molecule has 0 saturated carbocycles. The maximum Gasteiger partial charge on any atom is 0.407 e. The van der Waals surface area contributed by atoms with Gasteiger partial charge in [-0.2, -0.15) is 0 Å². The molecule has 1 atom stereocenters. The number of alkyl carbamates (subject to hydrolysis) is 1. The molecule has 0 bridgehead atoms. The number of aliphatic hydroxyl groups excluding tert-OH is 1. The summed E-state index contributed by atoms with van der Waals surface area (Å²) in [5, 5.41) is 13.0. The van der Waals surface area contributed by atoms with Crippen LogP contribution in [-0.4, -0.2) is 24.4 Å². The summed E-state index contributed by atoms with van der Waals surface area (Å²) < 4.78 is 4.66. The molecule has 4 nitrogen and oxygen atoms in total. The predicted molar refractivity (Wildman–Crippen MR) is 54.3 cm³/mol. The summed E-state index contributed by atoms with van der Waals surface area (Å²) in [4.78, 5) is 12.1. The van der Waals surface area contributed by atoms with Crippen LogP contribution in [-0.2, 0) is 4.74 Å². The van der Waals surface area contributed by atoms with E-state index in [0.717, 1.165) is 4.88 Å². The molecule has 14 heavy (non-hydrogen) atoms. The van der Waals surface area contributed by atoms with Gasteiger partial charge >= 0.3 is 6.09 Å². The second-order valence-electron chi connectivity index (χ2n) is 2.74. The minimum atomic E-state index is -0.500. The number of aliphatic hydroxyl groups is 1. The summed E-state index contributed by atoms with van der Waals surface area (Å²) in [6.45, 7) is 1.76. The van der Waals surface area contributed by atoms with Crippen molar-refractivity contribution in [3.63, 3.8) is 0 Å². The van der Waals surface area contributed by atoms with Crippen LogP contribution < -0.4 is 5.32 Å². The lowest BCUT2D eigenvalue weighted by atomic mass is 10.3. The van der Waals surface area contributed by atoms with Gasteiger partial charge in [-0.1, -0.05) is 6.07 Å². The highest BCUT2D eigenvalue weighted by atomic mass is 32.1. The molecule has 0 aliphatic carbocycles. The second kappa shape index (κ2) is 5.62. The van der Waals surface area contributed by atoms with Crippen LogP contribution in [0.2, 0.25) is 0 Å². The van der Waals surface area contributed by atoms with E-state index in [2.05, 4.69) is 10.1 Å². The Morgan fingerprint density at radius 1 is 1.79 bits per heavy atom. The molecule has 1 rings (SSSR count). The fourth-order valence-corrected chi connectivity index (χ4v) is 1.70. The highest BCUT2D eigenvalue weighted by molar-refractivity contribution is 7.10. The van der Waals surface area contributed by atoms with Crippen molar-refractivity contribution in [3.05, 3.63) is 22.4 Å². The molecule has 1 heterocycles. The number of thiophene rings is 1. The molecular formula is C9H13NO3S. The molecule has 1 aromatic heterocycles. The number of nitrogens with one attached hydrogen (secondary N) is 1. The third-order valence-corrected chi connectivity index (χ3v) is 2.68. The van der Waals surface area contributed by atoms with Crippen LogP contribution in [0.1, 0.15) is 17.8 Å². The number of hydrogen-bond donors (Lipinski definition) is 2. The van der Waals surface area contributed by atoms with Crippen molar-refractivity contribution in [1.82, 2.24) is 5.32 Å². The number of carbonyl (C=O) groups is 1. The fourth-order valence-electron chi connectivity index (χ4n) is 0.966. The first kappa shape index (κ1) is 11.0. The molecule has 5 heteroatoms. The van der Waals surface area contributed by atoms with Crippen LogP contribution >= 0.6 is 11.3 Å². The second-order valence-corrected chi connectivity index (χ2v) is 3.72. The molecule has 78 valence electrons. The Kier molecular flexibility index (Phi) is 4.42. The van der Waals surface area contributed by atoms with Gasteiger partial charge in [0.05, 0.1) is 12.6 Å². The van der Waals surface area contributed by atoms with E-state index in [1.807, 2.05) is 24.4 Å². The predicted octanol–water partition coefficient (Wildman–Crippen LogP) is 1.53. The van der Waals surface area contributed by atoms with Crippen LogP contribution in [0.3, 0.4) is 0 Å². The van der Waals surface area contributed by atoms with Gasteiger partial charge in [0.25, 0.3) is 0 Å². The first-order valence-electron chi connectivity index (χ1n) is 4.31. The first-order chi connectivity index (χ1) is 6.74. The summed E-state index contributed by atoms with van der Waals surface area (Å²) in [6.07, 6.45) is -0.500. The Labute approximate surface area is 86.5 Å². The molecule has 0 saturated heterocycles. The highest BCUT2D eigenvalue weighted by Crippen LogP contribution is 2.17. The quantitative estimate of drug-likeness (QED) is 0.800. The van der Waals surface area contributed by atoms with Gasteiger partial charge in [0, 0.05) is 4.88 Å². The summed E-state index contributed by atoms with van der Waals surface area (Å²) in [7, 11) is 0. The van der Waals surface area contributed by atoms with Gasteiger partial charge in [0.1, 0.15) is 6.61 Å². The van der Waals surface area contributed by atoms with Crippen LogP contribution in [0.25, 0.3) is 0 Å². The smallest absolute Gasteiger partial charge is 0.407 e. The van der Waals surface area contributed by atoms with E-state index in [1.165, 1.54) is 0 Å². The fraction of sp³-hybridized carbons (Fsp3) is 0.444. The number of rotatable bonds is 4. The van der Waals surface area contributed by atoms with Gasteiger partial charge in [-0.15, -0.1) is 11.3 Å². The van der Waals surface area contributed by atoms with Crippen LogP contribution in [0.4, 0.5) is 4.79 Å². The first-order valence-corrected chi connectivity index (χ1v) is 5.19. The Morgan fingerprint density at radius 2 is 2.57 bits per heavy atom. The van der Waals surface area contributed by atoms with Gasteiger partial charge in [-0.05, 0) is 18.4 Å².